The molecule has 1 fully saturated rings. The lowest BCUT2D eigenvalue weighted by Gasteiger charge is -2.35. The van der Waals surface area contributed by atoms with E-state index in [1.165, 1.54) is 5.56 Å². The van der Waals surface area contributed by atoms with Gasteiger partial charge in [0.1, 0.15) is 0 Å². The molecule has 3 rings (SSSR count). The van der Waals surface area contributed by atoms with Crippen LogP contribution in [0.5, 0.6) is 0 Å². The van der Waals surface area contributed by atoms with Crippen molar-refractivity contribution in [3.05, 3.63) is 65.2 Å². The SMILES string of the molecule is Cc1cccc(C)c1NC(=S)N=C(N)N1CCN(Cc2ccccc2)CC1. The molecule has 0 bridgehead atoms. The molecule has 1 heterocycles. The molecule has 1 aliphatic rings. The Morgan fingerprint density at radius 3 is 2.26 bits per heavy atom. The normalized spacial score (nSPS) is 15.6. The summed E-state index contributed by atoms with van der Waals surface area (Å²) < 4.78 is 0. The number of anilines is 1. The van der Waals surface area contributed by atoms with Crippen LogP contribution in [-0.2, 0) is 6.54 Å². The summed E-state index contributed by atoms with van der Waals surface area (Å²) in [6.45, 7) is 8.71. The monoisotopic (exact) mass is 381 g/mol. The molecule has 27 heavy (non-hydrogen) atoms. The summed E-state index contributed by atoms with van der Waals surface area (Å²) in [5.74, 6) is 0.484. The molecule has 1 saturated heterocycles. The zero-order valence-electron chi connectivity index (χ0n) is 16.0. The Bertz CT molecular complexity index is 790. The third kappa shape index (κ3) is 5.28. The van der Waals surface area contributed by atoms with Gasteiger partial charge in [0.25, 0.3) is 0 Å². The first-order valence-electron chi connectivity index (χ1n) is 9.25. The van der Waals surface area contributed by atoms with Gasteiger partial charge in [-0.2, -0.15) is 4.99 Å². The number of piperazine rings is 1. The van der Waals surface area contributed by atoms with Crippen molar-refractivity contribution in [1.82, 2.24) is 9.80 Å². The van der Waals surface area contributed by atoms with Crippen molar-refractivity contribution in [1.29, 1.82) is 0 Å². The van der Waals surface area contributed by atoms with Gasteiger partial charge in [-0.05, 0) is 42.8 Å². The number of guanidine groups is 1. The third-order valence-electron chi connectivity index (χ3n) is 4.87. The molecule has 0 spiro atoms. The van der Waals surface area contributed by atoms with E-state index in [4.69, 9.17) is 18.0 Å². The third-order valence-corrected chi connectivity index (χ3v) is 5.07. The lowest BCUT2D eigenvalue weighted by atomic mass is 10.1. The van der Waals surface area contributed by atoms with Crippen LogP contribution in [-0.4, -0.2) is 47.1 Å². The van der Waals surface area contributed by atoms with E-state index in [1.54, 1.807) is 0 Å². The van der Waals surface area contributed by atoms with E-state index in [0.717, 1.165) is 49.5 Å². The average molecular weight is 382 g/mol. The van der Waals surface area contributed by atoms with E-state index >= 15 is 0 Å². The van der Waals surface area contributed by atoms with Crippen LogP contribution < -0.4 is 11.1 Å². The second-order valence-electron chi connectivity index (χ2n) is 6.92. The van der Waals surface area contributed by atoms with E-state index in [9.17, 15) is 0 Å². The molecule has 3 N–H and O–H groups in total. The van der Waals surface area contributed by atoms with Gasteiger partial charge >= 0.3 is 0 Å². The van der Waals surface area contributed by atoms with Gasteiger partial charge in [-0.3, -0.25) is 4.90 Å². The first-order chi connectivity index (χ1) is 13.0. The molecule has 0 unspecified atom stereocenters. The van der Waals surface area contributed by atoms with Crippen molar-refractivity contribution in [2.45, 2.75) is 20.4 Å². The van der Waals surface area contributed by atoms with Crippen molar-refractivity contribution in [2.75, 3.05) is 31.5 Å². The minimum Gasteiger partial charge on any atom is -0.369 e. The van der Waals surface area contributed by atoms with E-state index in [1.807, 2.05) is 12.1 Å². The fraction of sp³-hybridized carbons (Fsp3) is 0.333. The Morgan fingerprint density at radius 2 is 1.63 bits per heavy atom. The lowest BCUT2D eigenvalue weighted by molar-refractivity contribution is 0.174. The maximum Gasteiger partial charge on any atom is 0.200 e. The average Bonchev–Trinajstić information content (AvgIpc) is 2.66. The summed E-state index contributed by atoms with van der Waals surface area (Å²) >= 11 is 5.40. The number of benzene rings is 2. The van der Waals surface area contributed by atoms with Gasteiger partial charge in [-0.1, -0.05) is 48.5 Å². The molecule has 5 nitrogen and oxygen atoms in total. The molecular weight excluding hydrogens is 354 g/mol. The molecule has 0 atom stereocenters. The smallest absolute Gasteiger partial charge is 0.200 e. The maximum absolute atomic E-state index is 6.21. The summed E-state index contributed by atoms with van der Waals surface area (Å²) in [6, 6.07) is 16.7. The van der Waals surface area contributed by atoms with Gasteiger partial charge < -0.3 is 16.0 Å². The molecule has 2 aromatic rings. The highest BCUT2D eigenvalue weighted by atomic mass is 32.1. The Hall–Kier alpha value is -2.44. The van der Waals surface area contributed by atoms with Crippen molar-refractivity contribution < 1.29 is 0 Å². The second-order valence-corrected chi connectivity index (χ2v) is 7.30. The predicted molar refractivity (Wildman–Crippen MR) is 117 cm³/mol. The standard InChI is InChI=1S/C21H27N5S/c1-16-7-6-8-17(2)19(16)23-21(27)24-20(22)26-13-11-25(12-14-26)15-18-9-4-3-5-10-18/h3-10H,11-15H2,1-2H3,(H3,22,23,24,27). The Kier molecular flexibility index (Phi) is 6.42. The highest BCUT2D eigenvalue weighted by Gasteiger charge is 2.18. The van der Waals surface area contributed by atoms with Crippen molar-refractivity contribution in [3.63, 3.8) is 0 Å². The molecule has 0 amide bonds. The van der Waals surface area contributed by atoms with Gasteiger partial charge in [0, 0.05) is 38.4 Å². The molecule has 1 aliphatic heterocycles. The Balaban J connectivity index is 1.54. The molecule has 2 aromatic carbocycles. The minimum atomic E-state index is 0.400. The fourth-order valence-corrected chi connectivity index (χ4v) is 3.49. The second kappa shape index (κ2) is 8.97. The minimum absolute atomic E-state index is 0.400. The fourth-order valence-electron chi connectivity index (χ4n) is 3.30. The largest absolute Gasteiger partial charge is 0.369 e. The zero-order valence-corrected chi connectivity index (χ0v) is 16.8. The summed E-state index contributed by atoms with van der Waals surface area (Å²) in [4.78, 5) is 8.94. The van der Waals surface area contributed by atoms with Crippen LogP contribution in [0.25, 0.3) is 0 Å². The van der Waals surface area contributed by atoms with Gasteiger partial charge in [0.15, 0.2) is 5.96 Å². The van der Waals surface area contributed by atoms with Crippen LogP contribution in [0.1, 0.15) is 16.7 Å². The highest BCUT2D eigenvalue weighted by molar-refractivity contribution is 7.80. The van der Waals surface area contributed by atoms with Gasteiger partial charge in [-0.25, -0.2) is 0 Å². The molecule has 142 valence electrons. The molecular formula is C21H27N5S. The number of rotatable bonds is 3. The predicted octanol–water partition coefficient (Wildman–Crippen LogP) is 3.13. The topological polar surface area (TPSA) is 56.9 Å². The molecule has 0 aliphatic carbocycles. The Labute approximate surface area is 166 Å². The lowest BCUT2D eigenvalue weighted by Crippen LogP contribution is -2.51. The van der Waals surface area contributed by atoms with E-state index in [-0.39, 0.29) is 0 Å². The first-order valence-corrected chi connectivity index (χ1v) is 9.66. The van der Waals surface area contributed by atoms with Crippen LogP contribution in [0.15, 0.2) is 53.5 Å². The number of aryl methyl sites for hydroxylation is 2. The van der Waals surface area contributed by atoms with Crippen LogP contribution in [0.2, 0.25) is 0 Å². The number of para-hydroxylation sites is 1. The van der Waals surface area contributed by atoms with Crippen LogP contribution >= 0.6 is 12.2 Å². The number of nitrogens with two attached hydrogens (primary N) is 1. The van der Waals surface area contributed by atoms with Gasteiger partial charge in [0.05, 0.1) is 0 Å². The van der Waals surface area contributed by atoms with Crippen molar-refractivity contribution >= 4 is 29.0 Å². The summed E-state index contributed by atoms with van der Waals surface area (Å²) in [7, 11) is 0. The number of thiocarbonyl (C=S) groups is 1. The maximum atomic E-state index is 6.21. The summed E-state index contributed by atoms with van der Waals surface area (Å²) in [6.07, 6.45) is 0. The zero-order chi connectivity index (χ0) is 19.2. The van der Waals surface area contributed by atoms with Gasteiger partial charge in [0.2, 0.25) is 5.11 Å². The molecule has 0 radical (unpaired) electrons. The van der Waals surface area contributed by atoms with Gasteiger partial charge in [-0.15, -0.1) is 0 Å². The summed E-state index contributed by atoms with van der Waals surface area (Å²) in [5.41, 5.74) is 10.8. The molecule has 0 aromatic heterocycles. The Morgan fingerprint density at radius 1 is 1.00 bits per heavy atom. The number of hydrogen-bond acceptors (Lipinski definition) is 2. The number of nitrogens with zero attached hydrogens (tertiary/aromatic N) is 3. The van der Waals surface area contributed by atoms with E-state index < -0.39 is 0 Å². The van der Waals surface area contributed by atoms with Crippen LogP contribution in [0.3, 0.4) is 0 Å². The van der Waals surface area contributed by atoms with Crippen LogP contribution in [0, 0.1) is 13.8 Å². The first kappa shape index (κ1) is 19.3. The van der Waals surface area contributed by atoms with Crippen molar-refractivity contribution in [3.8, 4) is 0 Å². The summed E-state index contributed by atoms with van der Waals surface area (Å²) in [5, 5.41) is 3.62. The van der Waals surface area contributed by atoms with E-state index in [2.05, 4.69) is 70.4 Å². The molecule has 0 saturated carbocycles. The molecule has 6 heteroatoms. The van der Waals surface area contributed by atoms with E-state index in [0.29, 0.717) is 11.1 Å². The number of hydrogen-bond donors (Lipinski definition) is 2. The van der Waals surface area contributed by atoms with Crippen molar-refractivity contribution in [2.24, 2.45) is 10.7 Å². The quantitative estimate of drug-likeness (QED) is 0.486. The number of aliphatic imine (C=N–C) groups is 1. The van der Waals surface area contributed by atoms with Crippen LogP contribution in [0.4, 0.5) is 5.69 Å². The number of nitrogens with one attached hydrogen (secondary N) is 1. The highest BCUT2D eigenvalue weighted by Crippen LogP contribution is 2.19.